The van der Waals surface area contributed by atoms with Gasteiger partial charge in [0.1, 0.15) is 17.1 Å². The van der Waals surface area contributed by atoms with E-state index in [-0.39, 0.29) is 6.10 Å². The second kappa shape index (κ2) is 8.05. The Balaban J connectivity index is 1.43. The Kier molecular flexibility index (Phi) is 5.13. The van der Waals surface area contributed by atoms with E-state index in [0.29, 0.717) is 11.7 Å². The topological polar surface area (TPSA) is 87.8 Å². The van der Waals surface area contributed by atoms with Gasteiger partial charge >= 0.3 is 0 Å². The summed E-state index contributed by atoms with van der Waals surface area (Å²) in [6.07, 6.45) is 3.89. The maximum absolute atomic E-state index is 5.71. The van der Waals surface area contributed by atoms with E-state index in [2.05, 4.69) is 31.6 Å². The number of rotatable bonds is 6. The van der Waals surface area contributed by atoms with E-state index in [4.69, 9.17) is 9.47 Å². The van der Waals surface area contributed by atoms with Crippen LogP contribution in [0.15, 0.2) is 46.8 Å². The summed E-state index contributed by atoms with van der Waals surface area (Å²) in [5.74, 6) is 0.837. The number of tetrazole rings is 1. The van der Waals surface area contributed by atoms with Crippen molar-refractivity contribution >= 4 is 33.3 Å². The highest BCUT2D eigenvalue weighted by Gasteiger charge is 2.20. The molecule has 1 aliphatic rings. The van der Waals surface area contributed by atoms with Crippen molar-refractivity contribution in [1.29, 1.82) is 0 Å². The molecule has 1 aromatic carbocycles. The highest BCUT2D eigenvalue weighted by Crippen LogP contribution is 2.39. The maximum Gasteiger partial charge on any atom is 0.215 e. The van der Waals surface area contributed by atoms with Crippen molar-refractivity contribution in [3.63, 3.8) is 0 Å². The van der Waals surface area contributed by atoms with Gasteiger partial charge in [0.15, 0.2) is 0 Å². The number of nitrogens with zero attached hydrogens (tertiary/aromatic N) is 6. The van der Waals surface area contributed by atoms with E-state index in [1.807, 2.05) is 24.3 Å². The smallest absolute Gasteiger partial charge is 0.215 e. The number of thiophene rings is 1. The van der Waals surface area contributed by atoms with Gasteiger partial charge in [-0.3, -0.25) is 0 Å². The zero-order valence-electron chi connectivity index (χ0n) is 15.7. The molecule has 0 saturated carbocycles. The quantitative estimate of drug-likeness (QED) is 0.432. The molecular formula is C19H18N6O2S2. The summed E-state index contributed by atoms with van der Waals surface area (Å²) in [6.45, 7) is 1.47. The van der Waals surface area contributed by atoms with Crippen molar-refractivity contribution < 1.29 is 9.47 Å². The minimum atomic E-state index is 0.173. The van der Waals surface area contributed by atoms with Gasteiger partial charge in [-0.1, -0.05) is 0 Å². The van der Waals surface area contributed by atoms with Crippen LogP contribution in [0.2, 0.25) is 0 Å². The summed E-state index contributed by atoms with van der Waals surface area (Å²) in [7, 11) is 1.67. The summed E-state index contributed by atoms with van der Waals surface area (Å²) in [6, 6.07) is 10.1. The fourth-order valence-electron chi connectivity index (χ4n) is 3.25. The molecule has 10 heteroatoms. The highest BCUT2D eigenvalue weighted by atomic mass is 32.2. The van der Waals surface area contributed by atoms with Crippen LogP contribution in [0.4, 0.5) is 0 Å². The number of ether oxygens (including phenoxy) is 2. The van der Waals surface area contributed by atoms with Gasteiger partial charge in [-0.25, -0.2) is 14.6 Å². The lowest BCUT2D eigenvalue weighted by Gasteiger charge is -2.09. The normalized spacial score (nSPS) is 16.5. The Morgan fingerprint density at radius 2 is 2.17 bits per heavy atom. The average molecular weight is 427 g/mol. The Labute approximate surface area is 175 Å². The van der Waals surface area contributed by atoms with Crippen LogP contribution < -0.4 is 4.74 Å². The fraction of sp³-hybridized carbons (Fsp3) is 0.316. The predicted molar refractivity (Wildman–Crippen MR) is 110 cm³/mol. The first-order chi connectivity index (χ1) is 14.3. The Morgan fingerprint density at radius 1 is 1.28 bits per heavy atom. The standard InChI is InChI=1S/C19H18N6O2S2/c1-26-13-6-4-12(5-7-13)16-9-15-17(28-16)18(21-11-20-15)29-19-22-23-24-25(19)10-14-3-2-8-27-14/h4-7,9,11,14H,2-3,8,10H2,1H3/t14-/m0/s1. The molecule has 0 unspecified atom stereocenters. The summed E-state index contributed by atoms with van der Waals surface area (Å²) in [5, 5.41) is 13.7. The lowest BCUT2D eigenvalue weighted by molar-refractivity contribution is 0.0912. The zero-order chi connectivity index (χ0) is 19.6. The van der Waals surface area contributed by atoms with Crippen LogP contribution in [0.25, 0.3) is 20.7 Å². The zero-order valence-corrected chi connectivity index (χ0v) is 17.3. The van der Waals surface area contributed by atoms with Crippen LogP contribution in [0.1, 0.15) is 12.8 Å². The van der Waals surface area contributed by atoms with Gasteiger partial charge in [0.25, 0.3) is 0 Å². The second-order valence-electron chi connectivity index (χ2n) is 6.61. The van der Waals surface area contributed by atoms with E-state index in [9.17, 15) is 0 Å². The SMILES string of the molecule is COc1ccc(-c2cc3ncnc(Sc4nnnn4C[C@@H]4CCCO4)c3s2)cc1. The van der Waals surface area contributed by atoms with E-state index >= 15 is 0 Å². The van der Waals surface area contributed by atoms with Crippen LogP contribution in [0, 0.1) is 0 Å². The number of hydrogen-bond donors (Lipinski definition) is 0. The molecule has 0 aliphatic carbocycles. The third-order valence-electron chi connectivity index (χ3n) is 4.74. The molecule has 1 saturated heterocycles. The van der Waals surface area contributed by atoms with Gasteiger partial charge in [0.05, 0.1) is 30.0 Å². The second-order valence-corrected chi connectivity index (χ2v) is 8.62. The molecule has 3 aromatic heterocycles. The predicted octanol–water partition coefficient (Wildman–Crippen LogP) is 3.68. The lowest BCUT2D eigenvalue weighted by atomic mass is 10.2. The van der Waals surface area contributed by atoms with Crippen LogP contribution in [-0.2, 0) is 11.3 Å². The van der Waals surface area contributed by atoms with Gasteiger partial charge in [-0.2, -0.15) is 0 Å². The fourth-order valence-corrected chi connectivity index (χ4v) is 5.27. The van der Waals surface area contributed by atoms with Gasteiger partial charge in [0, 0.05) is 11.5 Å². The summed E-state index contributed by atoms with van der Waals surface area (Å²) >= 11 is 3.12. The van der Waals surface area contributed by atoms with Crippen molar-refractivity contribution in [3.05, 3.63) is 36.7 Å². The first kappa shape index (κ1) is 18.5. The number of methoxy groups -OCH3 is 1. The summed E-state index contributed by atoms with van der Waals surface area (Å²) in [4.78, 5) is 10.1. The van der Waals surface area contributed by atoms with E-state index in [1.54, 1.807) is 29.5 Å². The highest BCUT2D eigenvalue weighted by molar-refractivity contribution is 7.99. The number of benzene rings is 1. The Bertz CT molecular complexity index is 1120. The third kappa shape index (κ3) is 3.83. The molecule has 0 spiro atoms. The van der Waals surface area contributed by atoms with Crippen molar-refractivity contribution in [1.82, 2.24) is 30.2 Å². The van der Waals surface area contributed by atoms with Gasteiger partial charge in [-0.15, -0.1) is 16.4 Å². The van der Waals surface area contributed by atoms with E-state index < -0.39 is 0 Å². The molecule has 0 amide bonds. The molecule has 4 aromatic rings. The minimum absolute atomic E-state index is 0.173. The molecule has 8 nitrogen and oxygen atoms in total. The molecule has 1 atom stereocenters. The molecular weight excluding hydrogens is 408 g/mol. The molecule has 5 rings (SSSR count). The first-order valence-electron chi connectivity index (χ1n) is 9.25. The monoisotopic (exact) mass is 426 g/mol. The molecule has 1 aliphatic heterocycles. The molecule has 148 valence electrons. The molecule has 4 heterocycles. The Morgan fingerprint density at radius 3 is 2.97 bits per heavy atom. The lowest BCUT2D eigenvalue weighted by Crippen LogP contribution is -2.16. The largest absolute Gasteiger partial charge is 0.497 e. The molecule has 0 bridgehead atoms. The van der Waals surface area contributed by atoms with Crippen LogP contribution in [-0.4, -0.2) is 50.0 Å². The van der Waals surface area contributed by atoms with Crippen molar-refractivity contribution in [2.45, 2.75) is 35.7 Å². The number of aromatic nitrogens is 6. The average Bonchev–Trinajstić information content (AvgIpc) is 3.50. The molecule has 29 heavy (non-hydrogen) atoms. The van der Waals surface area contributed by atoms with E-state index in [0.717, 1.165) is 50.9 Å². The van der Waals surface area contributed by atoms with Gasteiger partial charge < -0.3 is 9.47 Å². The van der Waals surface area contributed by atoms with E-state index in [1.165, 1.54) is 11.8 Å². The van der Waals surface area contributed by atoms with Crippen molar-refractivity contribution in [2.75, 3.05) is 13.7 Å². The van der Waals surface area contributed by atoms with Gasteiger partial charge in [-0.05, 0) is 70.9 Å². The molecule has 1 fully saturated rings. The van der Waals surface area contributed by atoms with Gasteiger partial charge in [0.2, 0.25) is 5.16 Å². The summed E-state index contributed by atoms with van der Waals surface area (Å²) in [5.41, 5.74) is 2.03. The summed E-state index contributed by atoms with van der Waals surface area (Å²) < 4.78 is 13.8. The van der Waals surface area contributed by atoms with Crippen molar-refractivity contribution in [3.8, 4) is 16.2 Å². The molecule has 0 radical (unpaired) electrons. The van der Waals surface area contributed by atoms with Crippen LogP contribution in [0.5, 0.6) is 5.75 Å². The Hall–Kier alpha value is -2.56. The first-order valence-corrected chi connectivity index (χ1v) is 10.9. The van der Waals surface area contributed by atoms with Crippen LogP contribution >= 0.6 is 23.1 Å². The maximum atomic E-state index is 5.71. The van der Waals surface area contributed by atoms with Crippen molar-refractivity contribution in [2.24, 2.45) is 0 Å². The number of fused-ring (bicyclic) bond motifs is 1. The number of hydrogen-bond acceptors (Lipinski definition) is 9. The third-order valence-corrected chi connectivity index (χ3v) is 7.03. The molecule has 0 N–H and O–H groups in total. The minimum Gasteiger partial charge on any atom is -0.497 e. The van der Waals surface area contributed by atoms with Crippen LogP contribution in [0.3, 0.4) is 0 Å².